The van der Waals surface area contributed by atoms with Crippen LogP contribution in [-0.2, 0) is 16.0 Å². The molecule has 1 aromatic heterocycles. The number of carbonyl (C=O) groups excluding carboxylic acids is 1. The zero-order chi connectivity index (χ0) is 13.7. The largest absolute Gasteiger partial charge is 0.375 e. The average Bonchev–Trinajstić information content (AvgIpc) is 2.97. The molecule has 0 aliphatic carbocycles. The van der Waals surface area contributed by atoms with Crippen LogP contribution in [0.4, 0.5) is 5.82 Å². The highest BCUT2D eigenvalue weighted by Gasteiger charge is 2.22. The Morgan fingerprint density at radius 1 is 1.42 bits per heavy atom. The molecule has 0 unspecified atom stereocenters. The SMILES string of the molecule is CCCc1nonc1NC(=O)CC[C@H]1CC[C@@H](C)O1. The van der Waals surface area contributed by atoms with E-state index >= 15 is 0 Å². The molecule has 1 aromatic rings. The maximum atomic E-state index is 11.8. The van der Waals surface area contributed by atoms with Crippen LogP contribution in [0.15, 0.2) is 4.63 Å². The normalized spacial score (nSPS) is 22.6. The van der Waals surface area contributed by atoms with Gasteiger partial charge in [0, 0.05) is 6.42 Å². The highest BCUT2D eigenvalue weighted by molar-refractivity contribution is 5.90. The van der Waals surface area contributed by atoms with E-state index in [-0.39, 0.29) is 12.0 Å². The highest BCUT2D eigenvalue weighted by atomic mass is 16.6. The predicted molar refractivity (Wildman–Crippen MR) is 69.7 cm³/mol. The number of hydrogen-bond acceptors (Lipinski definition) is 5. The van der Waals surface area contributed by atoms with Gasteiger partial charge < -0.3 is 10.1 Å². The fourth-order valence-electron chi connectivity index (χ4n) is 2.29. The predicted octanol–water partition coefficient (Wildman–Crippen LogP) is 2.31. The summed E-state index contributed by atoms with van der Waals surface area (Å²) in [4.78, 5) is 11.8. The number of rotatable bonds is 6. The van der Waals surface area contributed by atoms with Gasteiger partial charge in [-0.05, 0) is 37.8 Å². The van der Waals surface area contributed by atoms with Crippen LogP contribution in [0, 0.1) is 0 Å². The number of aryl methyl sites for hydroxylation is 1. The molecule has 0 bridgehead atoms. The maximum absolute atomic E-state index is 11.8. The van der Waals surface area contributed by atoms with Crippen molar-refractivity contribution in [2.75, 3.05) is 5.32 Å². The lowest BCUT2D eigenvalue weighted by atomic mass is 10.1. The molecule has 1 amide bonds. The summed E-state index contributed by atoms with van der Waals surface area (Å²) in [6.07, 6.45) is 5.55. The summed E-state index contributed by atoms with van der Waals surface area (Å²) < 4.78 is 10.3. The molecule has 0 saturated carbocycles. The molecule has 0 radical (unpaired) electrons. The Labute approximate surface area is 112 Å². The monoisotopic (exact) mass is 267 g/mol. The lowest BCUT2D eigenvalue weighted by molar-refractivity contribution is -0.117. The zero-order valence-electron chi connectivity index (χ0n) is 11.5. The molecule has 2 atom stereocenters. The summed E-state index contributed by atoms with van der Waals surface area (Å²) >= 11 is 0. The number of hydrogen-bond donors (Lipinski definition) is 1. The van der Waals surface area contributed by atoms with Gasteiger partial charge >= 0.3 is 0 Å². The Morgan fingerprint density at radius 3 is 2.95 bits per heavy atom. The fourth-order valence-corrected chi connectivity index (χ4v) is 2.29. The van der Waals surface area contributed by atoms with E-state index in [9.17, 15) is 4.79 Å². The van der Waals surface area contributed by atoms with Gasteiger partial charge in [0.1, 0.15) is 5.69 Å². The van der Waals surface area contributed by atoms with Crippen LogP contribution < -0.4 is 5.32 Å². The van der Waals surface area contributed by atoms with Crippen molar-refractivity contribution in [1.29, 1.82) is 0 Å². The first-order valence-corrected chi connectivity index (χ1v) is 6.95. The molecular formula is C13H21N3O3. The molecule has 1 N–H and O–H groups in total. The number of ether oxygens (including phenoxy) is 1. The first kappa shape index (κ1) is 14.0. The van der Waals surface area contributed by atoms with E-state index in [2.05, 4.69) is 27.2 Å². The molecule has 6 heteroatoms. The third-order valence-electron chi connectivity index (χ3n) is 3.31. The van der Waals surface area contributed by atoms with Gasteiger partial charge in [-0.25, -0.2) is 4.63 Å². The Morgan fingerprint density at radius 2 is 2.26 bits per heavy atom. The number of carbonyl (C=O) groups is 1. The van der Waals surface area contributed by atoms with Crippen LogP contribution in [0.2, 0.25) is 0 Å². The van der Waals surface area contributed by atoms with Crippen LogP contribution in [0.25, 0.3) is 0 Å². The van der Waals surface area contributed by atoms with Crippen LogP contribution in [0.3, 0.4) is 0 Å². The molecule has 106 valence electrons. The Balaban J connectivity index is 1.76. The maximum Gasteiger partial charge on any atom is 0.225 e. The van der Waals surface area contributed by atoms with Crippen LogP contribution >= 0.6 is 0 Å². The van der Waals surface area contributed by atoms with Gasteiger partial charge in [-0.3, -0.25) is 4.79 Å². The first-order valence-electron chi connectivity index (χ1n) is 6.95. The molecular weight excluding hydrogens is 246 g/mol. The second-order valence-corrected chi connectivity index (χ2v) is 5.04. The molecule has 1 fully saturated rings. The number of anilines is 1. The molecule has 2 heterocycles. The summed E-state index contributed by atoms with van der Waals surface area (Å²) in [5.74, 6) is 0.392. The molecule has 0 aromatic carbocycles. The average molecular weight is 267 g/mol. The van der Waals surface area contributed by atoms with Crippen molar-refractivity contribution in [3.8, 4) is 0 Å². The van der Waals surface area contributed by atoms with Gasteiger partial charge in [0.05, 0.1) is 12.2 Å². The van der Waals surface area contributed by atoms with Crippen molar-refractivity contribution >= 4 is 11.7 Å². The molecule has 2 rings (SSSR count). The molecule has 19 heavy (non-hydrogen) atoms. The minimum atomic E-state index is -0.0591. The van der Waals surface area contributed by atoms with E-state index in [0.717, 1.165) is 32.1 Å². The molecule has 0 spiro atoms. The quantitative estimate of drug-likeness (QED) is 0.855. The molecule has 1 aliphatic heterocycles. The van der Waals surface area contributed by atoms with Crippen LogP contribution in [-0.4, -0.2) is 28.4 Å². The third-order valence-corrected chi connectivity index (χ3v) is 3.31. The smallest absolute Gasteiger partial charge is 0.225 e. The van der Waals surface area contributed by atoms with Crippen LogP contribution in [0.5, 0.6) is 0 Å². The Hall–Kier alpha value is -1.43. The second kappa shape index (κ2) is 6.65. The topological polar surface area (TPSA) is 77.3 Å². The standard InChI is InChI=1S/C13H21N3O3/c1-3-4-11-13(16-19-15-11)14-12(17)8-7-10-6-5-9(2)18-10/h9-10H,3-8H2,1-2H3,(H,14,16,17)/t9-,10-/m1/s1. The summed E-state index contributed by atoms with van der Waals surface area (Å²) in [6, 6.07) is 0. The minimum Gasteiger partial charge on any atom is -0.375 e. The number of nitrogens with one attached hydrogen (secondary N) is 1. The molecule has 1 saturated heterocycles. The summed E-state index contributed by atoms with van der Waals surface area (Å²) in [6.45, 7) is 4.11. The van der Waals surface area contributed by atoms with Crippen molar-refractivity contribution in [3.63, 3.8) is 0 Å². The summed E-state index contributed by atoms with van der Waals surface area (Å²) in [5, 5.41) is 10.2. The van der Waals surface area contributed by atoms with Crippen molar-refractivity contribution < 1.29 is 14.2 Å². The lowest BCUT2D eigenvalue weighted by Crippen LogP contribution is -2.17. The zero-order valence-corrected chi connectivity index (χ0v) is 11.5. The number of nitrogens with zero attached hydrogens (tertiary/aromatic N) is 2. The highest BCUT2D eigenvalue weighted by Crippen LogP contribution is 2.22. The van der Waals surface area contributed by atoms with Crippen LogP contribution in [0.1, 0.15) is 51.6 Å². The van der Waals surface area contributed by atoms with Crippen molar-refractivity contribution in [1.82, 2.24) is 10.3 Å². The third kappa shape index (κ3) is 4.02. The van der Waals surface area contributed by atoms with Gasteiger partial charge in [-0.2, -0.15) is 0 Å². The summed E-state index contributed by atoms with van der Waals surface area (Å²) in [5.41, 5.74) is 0.710. The Bertz CT molecular complexity index is 419. The van der Waals surface area contributed by atoms with E-state index in [1.807, 2.05) is 6.92 Å². The van der Waals surface area contributed by atoms with E-state index in [1.54, 1.807) is 0 Å². The molecule has 1 aliphatic rings. The first-order chi connectivity index (χ1) is 9.19. The lowest BCUT2D eigenvalue weighted by Gasteiger charge is -2.10. The van der Waals surface area contributed by atoms with Gasteiger partial charge in [-0.15, -0.1) is 0 Å². The Kier molecular flexibility index (Phi) is 4.90. The fraction of sp³-hybridized carbons (Fsp3) is 0.769. The van der Waals surface area contributed by atoms with Gasteiger partial charge in [-0.1, -0.05) is 18.5 Å². The van der Waals surface area contributed by atoms with E-state index in [1.165, 1.54) is 0 Å². The van der Waals surface area contributed by atoms with Gasteiger partial charge in [0.25, 0.3) is 0 Å². The minimum absolute atomic E-state index is 0.0591. The van der Waals surface area contributed by atoms with E-state index in [4.69, 9.17) is 4.74 Å². The number of aromatic nitrogens is 2. The van der Waals surface area contributed by atoms with Gasteiger partial charge in [0.15, 0.2) is 0 Å². The second-order valence-electron chi connectivity index (χ2n) is 5.04. The van der Waals surface area contributed by atoms with E-state index < -0.39 is 0 Å². The number of amides is 1. The van der Waals surface area contributed by atoms with Crippen molar-refractivity contribution in [3.05, 3.63) is 5.69 Å². The van der Waals surface area contributed by atoms with Gasteiger partial charge in [0.2, 0.25) is 11.7 Å². The van der Waals surface area contributed by atoms with Crippen molar-refractivity contribution in [2.45, 2.75) is 64.6 Å². The van der Waals surface area contributed by atoms with Crippen molar-refractivity contribution in [2.24, 2.45) is 0 Å². The summed E-state index contributed by atoms with van der Waals surface area (Å²) in [7, 11) is 0. The molecule has 6 nitrogen and oxygen atoms in total. The van der Waals surface area contributed by atoms with E-state index in [0.29, 0.717) is 24.0 Å².